The molecular formula is C15H22BrF2N. The molecule has 0 saturated carbocycles. The largest absolute Gasteiger partial charge is 0.315 e. The number of benzene rings is 1. The summed E-state index contributed by atoms with van der Waals surface area (Å²) >= 11 is 3.11. The van der Waals surface area contributed by atoms with E-state index < -0.39 is 11.6 Å². The van der Waals surface area contributed by atoms with Crippen molar-refractivity contribution < 1.29 is 8.78 Å². The SMILES string of the molecule is CC(C)NCCC(C)(C)Cc1c(F)ccc(Br)c1F. The number of halogens is 3. The minimum absolute atomic E-state index is 0.148. The highest BCUT2D eigenvalue weighted by atomic mass is 79.9. The van der Waals surface area contributed by atoms with E-state index in [2.05, 4.69) is 35.1 Å². The van der Waals surface area contributed by atoms with Crippen molar-refractivity contribution in [2.75, 3.05) is 6.54 Å². The lowest BCUT2D eigenvalue weighted by Crippen LogP contribution is -2.29. The van der Waals surface area contributed by atoms with Crippen molar-refractivity contribution in [3.05, 3.63) is 33.8 Å². The molecule has 0 radical (unpaired) electrons. The fourth-order valence-electron chi connectivity index (χ4n) is 2.00. The standard InChI is InChI=1S/C15H22BrF2N/c1-10(2)19-8-7-15(3,4)9-11-13(17)6-5-12(16)14(11)18/h5-6,10,19H,7-9H2,1-4H3. The lowest BCUT2D eigenvalue weighted by atomic mass is 9.82. The van der Waals surface area contributed by atoms with E-state index in [0.29, 0.717) is 16.9 Å². The van der Waals surface area contributed by atoms with Crippen LogP contribution >= 0.6 is 15.9 Å². The van der Waals surface area contributed by atoms with E-state index in [1.165, 1.54) is 12.1 Å². The lowest BCUT2D eigenvalue weighted by molar-refractivity contribution is 0.311. The quantitative estimate of drug-likeness (QED) is 0.745. The summed E-state index contributed by atoms with van der Waals surface area (Å²) in [6.07, 6.45) is 1.26. The fourth-order valence-corrected chi connectivity index (χ4v) is 2.37. The van der Waals surface area contributed by atoms with Gasteiger partial charge in [0.15, 0.2) is 0 Å². The third-order valence-electron chi connectivity index (χ3n) is 3.15. The number of rotatable bonds is 6. The van der Waals surface area contributed by atoms with Crippen molar-refractivity contribution in [3.63, 3.8) is 0 Å². The highest BCUT2D eigenvalue weighted by Gasteiger charge is 2.23. The predicted octanol–water partition coefficient (Wildman–Crippen LogP) is 4.68. The average molecular weight is 334 g/mol. The van der Waals surface area contributed by atoms with E-state index in [0.717, 1.165) is 13.0 Å². The molecule has 1 rings (SSSR count). The summed E-state index contributed by atoms with van der Waals surface area (Å²) in [4.78, 5) is 0. The Morgan fingerprint density at radius 2 is 1.89 bits per heavy atom. The summed E-state index contributed by atoms with van der Waals surface area (Å²) in [5, 5.41) is 3.33. The molecule has 0 fully saturated rings. The van der Waals surface area contributed by atoms with Gasteiger partial charge in [-0.05, 0) is 52.9 Å². The van der Waals surface area contributed by atoms with Gasteiger partial charge in [-0.25, -0.2) is 8.78 Å². The van der Waals surface area contributed by atoms with Gasteiger partial charge in [-0.1, -0.05) is 27.7 Å². The van der Waals surface area contributed by atoms with Crippen LogP contribution in [0.3, 0.4) is 0 Å². The van der Waals surface area contributed by atoms with Gasteiger partial charge in [0.05, 0.1) is 4.47 Å². The van der Waals surface area contributed by atoms with Crippen LogP contribution in [0.5, 0.6) is 0 Å². The van der Waals surface area contributed by atoms with Gasteiger partial charge < -0.3 is 5.32 Å². The molecule has 0 spiro atoms. The first kappa shape index (κ1) is 16.6. The van der Waals surface area contributed by atoms with Gasteiger partial charge in [0.2, 0.25) is 0 Å². The summed E-state index contributed by atoms with van der Waals surface area (Å²) in [7, 11) is 0. The van der Waals surface area contributed by atoms with Gasteiger partial charge in [-0.15, -0.1) is 0 Å². The van der Waals surface area contributed by atoms with Gasteiger partial charge in [-0.2, -0.15) is 0 Å². The highest BCUT2D eigenvalue weighted by Crippen LogP contribution is 2.30. The lowest BCUT2D eigenvalue weighted by Gasteiger charge is -2.26. The van der Waals surface area contributed by atoms with Crippen LogP contribution in [0.25, 0.3) is 0 Å². The maximum absolute atomic E-state index is 13.9. The Balaban J connectivity index is 2.75. The summed E-state index contributed by atoms with van der Waals surface area (Å²) in [5.41, 5.74) is 0.0218. The number of nitrogens with one attached hydrogen (secondary N) is 1. The van der Waals surface area contributed by atoms with Crippen LogP contribution in [-0.4, -0.2) is 12.6 Å². The molecule has 0 aliphatic carbocycles. The first-order valence-corrected chi connectivity index (χ1v) is 7.38. The Labute approximate surface area is 122 Å². The molecular weight excluding hydrogens is 312 g/mol. The minimum atomic E-state index is -0.482. The van der Waals surface area contributed by atoms with Gasteiger partial charge in [0, 0.05) is 11.6 Å². The summed E-state index contributed by atoms with van der Waals surface area (Å²) in [6, 6.07) is 3.14. The molecule has 4 heteroatoms. The zero-order chi connectivity index (χ0) is 14.6. The van der Waals surface area contributed by atoms with Gasteiger partial charge in [0.1, 0.15) is 11.6 Å². The molecule has 0 unspecified atom stereocenters. The second-order valence-electron chi connectivity index (χ2n) is 6.02. The molecule has 0 bridgehead atoms. The minimum Gasteiger partial charge on any atom is -0.315 e. The second kappa shape index (κ2) is 6.80. The molecule has 1 nitrogen and oxygen atoms in total. The van der Waals surface area contributed by atoms with E-state index in [1.54, 1.807) is 0 Å². The maximum atomic E-state index is 13.9. The normalized spacial score (nSPS) is 12.2. The van der Waals surface area contributed by atoms with Crippen molar-refractivity contribution in [1.82, 2.24) is 5.32 Å². The van der Waals surface area contributed by atoms with Crippen molar-refractivity contribution >= 4 is 15.9 Å². The molecule has 19 heavy (non-hydrogen) atoms. The fraction of sp³-hybridized carbons (Fsp3) is 0.600. The van der Waals surface area contributed by atoms with E-state index in [9.17, 15) is 8.78 Å². The van der Waals surface area contributed by atoms with Crippen LogP contribution in [-0.2, 0) is 6.42 Å². The molecule has 0 atom stereocenters. The summed E-state index contributed by atoms with van der Waals surface area (Å²) in [5.74, 6) is -0.949. The van der Waals surface area contributed by atoms with Gasteiger partial charge in [-0.3, -0.25) is 0 Å². The third-order valence-corrected chi connectivity index (χ3v) is 3.76. The van der Waals surface area contributed by atoms with Crippen LogP contribution < -0.4 is 5.32 Å². The monoisotopic (exact) mass is 333 g/mol. The summed E-state index contributed by atoms with van der Waals surface area (Å²) < 4.78 is 28.0. The van der Waals surface area contributed by atoms with Crippen molar-refractivity contribution in [3.8, 4) is 0 Å². The predicted molar refractivity (Wildman–Crippen MR) is 79.3 cm³/mol. The topological polar surface area (TPSA) is 12.0 Å². The molecule has 1 aromatic rings. The molecule has 0 aliphatic heterocycles. The molecule has 0 amide bonds. The van der Waals surface area contributed by atoms with Crippen LogP contribution in [0.1, 0.15) is 39.7 Å². The van der Waals surface area contributed by atoms with Gasteiger partial charge in [0.25, 0.3) is 0 Å². The van der Waals surface area contributed by atoms with E-state index in [-0.39, 0.29) is 11.0 Å². The molecule has 1 aromatic carbocycles. The molecule has 0 aliphatic rings. The van der Waals surface area contributed by atoms with E-state index in [4.69, 9.17) is 0 Å². The van der Waals surface area contributed by atoms with Crippen molar-refractivity contribution in [2.24, 2.45) is 5.41 Å². The maximum Gasteiger partial charge on any atom is 0.143 e. The third kappa shape index (κ3) is 5.19. The summed E-state index contributed by atoms with van der Waals surface area (Å²) in [6.45, 7) is 9.09. The van der Waals surface area contributed by atoms with Crippen molar-refractivity contribution in [1.29, 1.82) is 0 Å². The molecule has 0 saturated heterocycles. The molecule has 1 N–H and O–H groups in total. The Morgan fingerprint density at radius 1 is 1.26 bits per heavy atom. The van der Waals surface area contributed by atoms with E-state index in [1.807, 2.05) is 13.8 Å². The Hall–Kier alpha value is -0.480. The average Bonchev–Trinajstić information content (AvgIpc) is 2.29. The van der Waals surface area contributed by atoms with Crippen LogP contribution in [0.4, 0.5) is 8.78 Å². The second-order valence-corrected chi connectivity index (χ2v) is 6.88. The Kier molecular flexibility index (Phi) is 5.93. The highest BCUT2D eigenvalue weighted by molar-refractivity contribution is 9.10. The van der Waals surface area contributed by atoms with E-state index >= 15 is 0 Å². The molecule has 0 heterocycles. The number of hydrogen-bond acceptors (Lipinski definition) is 1. The molecule has 0 aromatic heterocycles. The smallest absolute Gasteiger partial charge is 0.143 e. The van der Waals surface area contributed by atoms with Crippen LogP contribution in [0.2, 0.25) is 0 Å². The molecule has 108 valence electrons. The Morgan fingerprint density at radius 3 is 2.47 bits per heavy atom. The first-order chi connectivity index (χ1) is 8.73. The zero-order valence-corrected chi connectivity index (χ0v) is 13.6. The zero-order valence-electron chi connectivity index (χ0n) is 12.0. The Bertz CT molecular complexity index is 430. The first-order valence-electron chi connectivity index (χ1n) is 6.59. The van der Waals surface area contributed by atoms with Crippen LogP contribution in [0, 0.1) is 17.0 Å². The van der Waals surface area contributed by atoms with Crippen LogP contribution in [0.15, 0.2) is 16.6 Å². The van der Waals surface area contributed by atoms with Gasteiger partial charge >= 0.3 is 0 Å². The number of hydrogen-bond donors (Lipinski definition) is 1. The van der Waals surface area contributed by atoms with Crippen molar-refractivity contribution in [2.45, 2.75) is 46.6 Å².